The number of amides is 1. The van der Waals surface area contributed by atoms with E-state index in [4.69, 9.17) is 4.74 Å². The Labute approximate surface area is 387 Å². The van der Waals surface area contributed by atoms with Crippen LogP contribution in [0, 0.1) is 0 Å². The summed E-state index contributed by atoms with van der Waals surface area (Å²) in [5.74, 6) is -0.232. The van der Waals surface area contributed by atoms with E-state index in [9.17, 15) is 35.4 Å². The molecule has 9 nitrogen and oxygen atoms in total. The van der Waals surface area contributed by atoms with Crippen LogP contribution in [0.4, 0.5) is 0 Å². The quantitative estimate of drug-likeness (QED) is 0.0235. The fraction of sp³-hybridized carbons (Fsp3) is 0.907. The van der Waals surface area contributed by atoms with Crippen molar-refractivity contribution in [2.75, 3.05) is 6.61 Å². The van der Waals surface area contributed by atoms with Gasteiger partial charge in [0, 0.05) is 6.42 Å². The molecule has 0 bridgehead atoms. The van der Waals surface area contributed by atoms with E-state index in [1.807, 2.05) is 0 Å². The van der Waals surface area contributed by atoms with Crippen LogP contribution in [0.25, 0.3) is 0 Å². The molecule has 1 saturated heterocycles. The number of nitrogens with one attached hydrogen (secondary N) is 1. The highest BCUT2D eigenvalue weighted by atomic mass is 16.5. The van der Waals surface area contributed by atoms with E-state index in [1.54, 1.807) is 0 Å². The Hall–Kier alpha value is -1.33. The molecule has 0 radical (unpaired) electrons. The Balaban J connectivity index is 2.27. The topological polar surface area (TPSA) is 160 Å². The normalized spacial score (nSPS) is 20.8. The SMILES string of the molecule is CCCCCCCCCCCCCCCCCC/C=C/CCCCCCCCC(=O)N[C@@H](/C=C/[C@H]1OC(CO)[C@H](O)[C@H](O)C1O)[C@H](O)[C@@H](O)CCCCCCCCCCCCCC. The van der Waals surface area contributed by atoms with Crippen LogP contribution < -0.4 is 5.32 Å². The molecule has 9 heteroatoms. The number of hydrogen-bond donors (Lipinski definition) is 7. The van der Waals surface area contributed by atoms with Gasteiger partial charge < -0.3 is 40.7 Å². The molecular formula is C54H103NO8. The summed E-state index contributed by atoms with van der Waals surface area (Å²) in [6.07, 6.45) is 44.8. The van der Waals surface area contributed by atoms with Crippen molar-refractivity contribution < 1.29 is 40.2 Å². The van der Waals surface area contributed by atoms with Crippen LogP contribution in [-0.2, 0) is 9.53 Å². The first-order valence-corrected chi connectivity index (χ1v) is 27.1. The molecule has 7 N–H and O–H groups in total. The standard InChI is InChI=1S/C54H103NO8/c1-3-5-7-9-11-13-15-17-18-19-20-21-22-23-24-25-26-27-28-29-30-32-34-36-38-40-42-50(58)55-46(43-44-48-52(60)54(62)53(61)49(45-56)63-48)51(59)47(57)41-39-37-35-33-31-16-14-12-10-8-6-4-2/h27-28,43-44,46-49,51-54,56-57,59-62H,3-26,29-42,45H2,1-2H3,(H,55,58)/b28-27+,44-43+/t46-,47-,48+,49?,51-,52?,53-,54+/m0/s1. The molecule has 0 aliphatic carbocycles. The fourth-order valence-corrected chi connectivity index (χ4v) is 8.93. The van der Waals surface area contributed by atoms with Crippen molar-refractivity contribution in [1.82, 2.24) is 5.32 Å². The number of carbonyl (C=O) groups excluding carboxylic acids is 1. The number of aliphatic hydroxyl groups excluding tert-OH is 6. The van der Waals surface area contributed by atoms with E-state index >= 15 is 0 Å². The smallest absolute Gasteiger partial charge is 0.220 e. The van der Waals surface area contributed by atoms with Crippen LogP contribution in [-0.4, -0.2) is 91.9 Å². The van der Waals surface area contributed by atoms with E-state index in [1.165, 1.54) is 192 Å². The van der Waals surface area contributed by atoms with Crippen molar-refractivity contribution in [3.63, 3.8) is 0 Å². The van der Waals surface area contributed by atoms with Crippen molar-refractivity contribution in [3.8, 4) is 0 Å². The van der Waals surface area contributed by atoms with Gasteiger partial charge in [-0.1, -0.05) is 237 Å². The maximum absolute atomic E-state index is 13.1. The molecule has 1 amide bonds. The highest BCUT2D eigenvalue weighted by molar-refractivity contribution is 5.76. The second kappa shape index (κ2) is 43.3. The predicted octanol–water partition coefficient (Wildman–Crippen LogP) is 12.0. The lowest BCUT2D eigenvalue weighted by Crippen LogP contribution is -2.58. The molecule has 8 atom stereocenters. The van der Waals surface area contributed by atoms with Gasteiger partial charge >= 0.3 is 0 Å². The number of carbonyl (C=O) groups is 1. The number of rotatable bonds is 45. The second-order valence-corrected chi connectivity index (χ2v) is 19.2. The number of hydrogen-bond acceptors (Lipinski definition) is 8. The molecule has 0 aromatic carbocycles. The Morgan fingerprint density at radius 1 is 0.524 bits per heavy atom. The van der Waals surface area contributed by atoms with Crippen LogP contribution in [0.1, 0.15) is 258 Å². The van der Waals surface area contributed by atoms with Gasteiger partial charge in [0.2, 0.25) is 5.91 Å². The third kappa shape index (κ3) is 32.9. The maximum Gasteiger partial charge on any atom is 0.220 e. The van der Waals surface area contributed by atoms with Crippen molar-refractivity contribution in [2.24, 2.45) is 0 Å². The van der Waals surface area contributed by atoms with Crippen LogP contribution in [0.2, 0.25) is 0 Å². The third-order valence-electron chi connectivity index (χ3n) is 13.3. The van der Waals surface area contributed by atoms with Crippen LogP contribution in [0.15, 0.2) is 24.3 Å². The van der Waals surface area contributed by atoms with E-state index in [0.717, 1.165) is 51.4 Å². The Morgan fingerprint density at radius 2 is 0.905 bits per heavy atom. The van der Waals surface area contributed by atoms with Gasteiger partial charge in [0.1, 0.15) is 36.6 Å². The lowest BCUT2D eigenvalue weighted by atomic mass is 9.93. The molecular weight excluding hydrogens is 791 g/mol. The maximum atomic E-state index is 13.1. The van der Waals surface area contributed by atoms with Gasteiger partial charge in [-0.15, -0.1) is 0 Å². The van der Waals surface area contributed by atoms with Crippen molar-refractivity contribution in [1.29, 1.82) is 0 Å². The summed E-state index contributed by atoms with van der Waals surface area (Å²) in [5, 5.41) is 65.6. The summed E-state index contributed by atoms with van der Waals surface area (Å²) < 4.78 is 5.60. The molecule has 1 rings (SSSR count). The monoisotopic (exact) mass is 894 g/mol. The average Bonchev–Trinajstić information content (AvgIpc) is 3.28. The van der Waals surface area contributed by atoms with Gasteiger partial charge in [-0.2, -0.15) is 0 Å². The molecule has 1 fully saturated rings. The molecule has 63 heavy (non-hydrogen) atoms. The first-order valence-electron chi connectivity index (χ1n) is 27.1. The van der Waals surface area contributed by atoms with Gasteiger partial charge in [-0.25, -0.2) is 0 Å². The van der Waals surface area contributed by atoms with Crippen molar-refractivity contribution in [2.45, 2.75) is 307 Å². The lowest BCUT2D eigenvalue weighted by Gasteiger charge is -2.39. The Morgan fingerprint density at radius 3 is 1.32 bits per heavy atom. The number of aliphatic hydroxyl groups is 6. The molecule has 2 unspecified atom stereocenters. The minimum absolute atomic E-state index is 0.232. The summed E-state index contributed by atoms with van der Waals surface area (Å²) in [4.78, 5) is 13.1. The van der Waals surface area contributed by atoms with Crippen LogP contribution in [0.5, 0.6) is 0 Å². The molecule has 372 valence electrons. The minimum atomic E-state index is -1.53. The summed E-state index contributed by atoms with van der Waals surface area (Å²) in [6, 6.07) is -0.950. The molecule has 1 aliphatic rings. The number of allylic oxidation sites excluding steroid dienone is 2. The lowest BCUT2D eigenvalue weighted by molar-refractivity contribution is -0.216. The summed E-state index contributed by atoms with van der Waals surface area (Å²) in [7, 11) is 0. The first-order chi connectivity index (χ1) is 30.8. The zero-order chi connectivity index (χ0) is 46.0. The highest BCUT2D eigenvalue weighted by Crippen LogP contribution is 2.23. The molecule has 0 saturated carbocycles. The molecule has 0 spiro atoms. The fourth-order valence-electron chi connectivity index (χ4n) is 8.93. The summed E-state index contributed by atoms with van der Waals surface area (Å²) >= 11 is 0. The van der Waals surface area contributed by atoms with E-state index < -0.39 is 55.4 Å². The van der Waals surface area contributed by atoms with Crippen molar-refractivity contribution >= 4 is 5.91 Å². The van der Waals surface area contributed by atoms with Crippen LogP contribution >= 0.6 is 0 Å². The molecule has 0 aromatic heterocycles. The summed E-state index contributed by atoms with van der Waals surface area (Å²) in [5.41, 5.74) is 0. The largest absolute Gasteiger partial charge is 0.394 e. The van der Waals surface area contributed by atoms with E-state index in [2.05, 4.69) is 31.3 Å². The van der Waals surface area contributed by atoms with Gasteiger partial charge in [0.05, 0.1) is 18.8 Å². The second-order valence-electron chi connectivity index (χ2n) is 19.2. The summed E-state index contributed by atoms with van der Waals surface area (Å²) in [6.45, 7) is 3.98. The predicted molar refractivity (Wildman–Crippen MR) is 263 cm³/mol. The third-order valence-corrected chi connectivity index (χ3v) is 13.3. The Bertz CT molecular complexity index is 1050. The number of unbranched alkanes of at least 4 members (excludes halogenated alkanes) is 33. The van der Waals surface area contributed by atoms with E-state index in [-0.39, 0.29) is 5.91 Å². The van der Waals surface area contributed by atoms with Gasteiger partial charge in [0.25, 0.3) is 0 Å². The number of ether oxygens (including phenoxy) is 1. The molecule has 0 aromatic rings. The average molecular weight is 894 g/mol. The zero-order valence-corrected chi connectivity index (χ0v) is 41.0. The minimum Gasteiger partial charge on any atom is -0.394 e. The van der Waals surface area contributed by atoms with E-state index in [0.29, 0.717) is 12.8 Å². The molecule has 1 heterocycles. The highest BCUT2D eigenvalue weighted by Gasteiger charge is 2.42. The molecule has 1 aliphatic heterocycles. The van der Waals surface area contributed by atoms with Crippen LogP contribution in [0.3, 0.4) is 0 Å². The zero-order valence-electron chi connectivity index (χ0n) is 41.0. The van der Waals surface area contributed by atoms with Gasteiger partial charge in [0.15, 0.2) is 0 Å². The first kappa shape index (κ1) is 59.7. The van der Waals surface area contributed by atoms with Gasteiger partial charge in [-0.3, -0.25) is 4.79 Å². The Kier molecular flexibility index (Phi) is 41.0. The van der Waals surface area contributed by atoms with Gasteiger partial charge in [-0.05, 0) is 38.5 Å². The van der Waals surface area contributed by atoms with Crippen molar-refractivity contribution in [3.05, 3.63) is 24.3 Å².